The Morgan fingerprint density at radius 3 is 2.70 bits per heavy atom. The molecule has 2 aromatic rings. The molecule has 0 saturated carbocycles. The third-order valence-electron chi connectivity index (χ3n) is 3.89. The van der Waals surface area contributed by atoms with Crippen molar-refractivity contribution >= 4 is 5.95 Å². The summed E-state index contributed by atoms with van der Waals surface area (Å²) in [6.45, 7) is 2.13. The molecule has 1 aliphatic heterocycles. The van der Waals surface area contributed by atoms with Crippen LogP contribution in [0.2, 0.25) is 0 Å². The van der Waals surface area contributed by atoms with Crippen molar-refractivity contribution in [3.8, 4) is 5.88 Å². The molecule has 0 amide bonds. The van der Waals surface area contributed by atoms with Gasteiger partial charge in [0.15, 0.2) is 11.6 Å². The van der Waals surface area contributed by atoms with E-state index in [0.29, 0.717) is 30.4 Å². The third kappa shape index (κ3) is 3.10. The number of hydrogen-bond acceptors (Lipinski definition) is 5. The lowest BCUT2D eigenvalue weighted by atomic mass is 10.0. The molecule has 0 unspecified atom stereocenters. The van der Waals surface area contributed by atoms with Crippen molar-refractivity contribution in [3.05, 3.63) is 47.2 Å². The van der Waals surface area contributed by atoms with Crippen LogP contribution in [-0.2, 0) is 0 Å². The molecule has 1 aromatic carbocycles. The number of aryl methyl sites for hydroxylation is 1. The maximum Gasteiger partial charge on any atom is 0.229 e. The van der Waals surface area contributed by atoms with E-state index in [1.54, 1.807) is 11.0 Å². The Bertz CT molecular complexity index is 726. The number of hydrogen-bond donors (Lipinski definition) is 1. The van der Waals surface area contributed by atoms with Gasteiger partial charge in [-0.2, -0.15) is 4.98 Å². The average Bonchev–Trinajstić information content (AvgIpc) is 2.91. The highest BCUT2D eigenvalue weighted by Crippen LogP contribution is 2.35. The number of benzene rings is 1. The van der Waals surface area contributed by atoms with Crippen LogP contribution in [0.5, 0.6) is 5.88 Å². The van der Waals surface area contributed by atoms with Gasteiger partial charge < -0.3 is 14.7 Å². The van der Waals surface area contributed by atoms with Crippen LogP contribution in [0, 0.1) is 18.6 Å². The van der Waals surface area contributed by atoms with Gasteiger partial charge in [0.25, 0.3) is 0 Å². The first-order valence-corrected chi connectivity index (χ1v) is 7.27. The summed E-state index contributed by atoms with van der Waals surface area (Å²) >= 11 is 0. The fraction of sp³-hybridized carbons (Fsp3) is 0.375. The molecule has 1 saturated heterocycles. The number of aliphatic hydroxyl groups is 1. The smallest absolute Gasteiger partial charge is 0.229 e. The largest absolute Gasteiger partial charge is 0.481 e. The van der Waals surface area contributed by atoms with E-state index < -0.39 is 17.7 Å². The predicted molar refractivity (Wildman–Crippen MR) is 80.4 cm³/mol. The lowest BCUT2D eigenvalue weighted by Crippen LogP contribution is -2.26. The van der Waals surface area contributed by atoms with E-state index in [9.17, 15) is 13.9 Å². The molecule has 7 heteroatoms. The number of aromatic nitrogens is 2. The molecule has 1 aromatic heterocycles. The van der Waals surface area contributed by atoms with E-state index in [4.69, 9.17) is 4.74 Å². The number of methoxy groups -OCH3 is 1. The number of halogens is 2. The fourth-order valence-electron chi connectivity index (χ4n) is 2.83. The number of β-amino-alcohol motifs (C(OH)–C–C–N with tert-alkyl or cyclic N) is 1. The summed E-state index contributed by atoms with van der Waals surface area (Å²) in [5.41, 5.74) is 1.29. The number of nitrogens with zero attached hydrogens (tertiary/aromatic N) is 3. The molecule has 0 aliphatic carbocycles. The minimum Gasteiger partial charge on any atom is -0.481 e. The molecule has 0 spiro atoms. The lowest BCUT2D eigenvalue weighted by Gasteiger charge is -2.25. The van der Waals surface area contributed by atoms with Crippen LogP contribution >= 0.6 is 0 Å². The van der Waals surface area contributed by atoms with Crippen molar-refractivity contribution < 1.29 is 18.6 Å². The SMILES string of the molecule is COc1cc(C)nc(N2C[C@H](O)C[C@H]2c2ccc(F)c(F)c2)n1. The number of ether oxygens (including phenoxy) is 1. The van der Waals surface area contributed by atoms with Crippen molar-refractivity contribution in [2.45, 2.75) is 25.5 Å². The molecule has 1 aliphatic rings. The minimum atomic E-state index is -0.911. The molecule has 5 nitrogen and oxygen atoms in total. The normalized spacial score (nSPS) is 20.8. The van der Waals surface area contributed by atoms with E-state index in [0.717, 1.165) is 17.8 Å². The second kappa shape index (κ2) is 6.08. The monoisotopic (exact) mass is 321 g/mol. The van der Waals surface area contributed by atoms with Crippen molar-refractivity contribution in [1.29, 1.82) is 0 Å². The Labute approximate surface area is 132 Å². The molecule has 122 valence electrons. The maximum atomic E-state index is 13.5. The summed E-state index contributed by atoms with van der Waals surface area (Å²) in [7, 11) is 1.51. The van der Waals surface area contributed by atoms with E-state index in [1.807, 2.05) is 6.92 Å². The van der Waals surface area contributed by atoms with Gasteiger partial charge in [0.05, 0.1) is 19.3 Å². The van der Waals surface area contributed by atoms with E-state index >= 15 is 0 Å². The van der Waals surface area contributed by atoms with Gasteiger partial charge in [0.1, 0.15) is 0 Å². The summed E-state index contributed by atoms with van der Waals surface area (Å²) in [6.07, 6.45) is -0.201. The van der Waals surface area contributed by atoms with Crippen molar-refractivity contribution in [1.82, 2.24) is 9.97 Å². The van der Waals surface area contributed by atoms with Gasteiger partial charge in [-0.25, -0.2) is 13.8 Å². The molecule has 23 heavy (non-hydrogen) atoms. The molecular formula is C16H17F2N3O2. The van der Waals surface area contributed by atoms with Crippen LogP contribution in [-0.4, -0.2) is 34.8 Å². The van der Waals surface area contributed by atoms with Crippen molar-refractivity contribution in [3.63, 3.8) is 0 Å². The van der Waals surface area contributed by atoms with Gasteiger partial charge in [0.2, 0.25) is 11.8 Å². The molecule has 1 N–H and O–H groups in total. The molecule has 2 atom stereocenters. The topological polar surface area (TPSA) is 58.5 Å². The van der Waals surface area contributed by atoms with E-state index in [-0.39, 0.29) is 6.04 Å². The zero-order chi connectivity index (χ0) is 16.6. The van der Waals surface area contributed by atoms with Gasteiger partial charge in [-0.3, -0.25) is 0 Å². The average molecular weight is 321 g/mol. The first-order chi connectivity index (χ1) is 11.0. The highest BCUT2D eigenvalue weighted by Gasteiger charge is 2.34. The lowest BCUT2D eigenvalue weighted by molar-refractivity contribution is 0.194. The summed E-state index contributed by atoms with van der Waals surface area (Å²) in [4.78, 5) is 10.5. The van der Waals surface area contributed by atoms with Crippen LogP contribution in [0.25, 0.3) is 0 Å². The van der Waals surface area contributed by atoms with Crippen molar-refractivity contribution in [2.75, 3.05) is 18.6 Å². The Balaban J connectivity index is 1.99. The quantitative estimate of drug-likeness (QED) is 0.940. The Hall–Kier alpha value is -2.28. The first-order valence-electron chi connectivity index (χ1n) is 7.27. The van der Waals surface area contributed by atoms with Gasteiger partial charge in [0, 0.05) is 18.3 Å². The molecule has 0 radical (unpaired) electrons. The Morgan fingerprint density at radius 2 is 2.00 bits per heavy atom. The van der Waals surface area contributed by atoms with Crippen LogP contribution in [0.4, 0.5) is 14.7 Å². The minimum absolute atomic E-state index is 0.316. The van der Waals surface area contributed by atoms with Crippen LogP contribution in [0.1, 0.15) is 23.7 Å². The first kappa shape index (κ1) is 15.6. The summed E-state index contributed by atoms with van der Waals surface area (Å²) in [5.74, 6) is -0.995. The van der Waals surface area contributed by atoms with Gasteiger partial charge in [-0.1, -0.05) is 6.07 Å². The Kier molecular flexibility index (Phi) is 4.12. The number of rotatable bonds is 3. The molecular weight excluding hydrogens is 304 g/mol. The zero-order valence-electron chi connectivity index (χ0n) is 12.8. The Morgan fingerprint density at radius 1 is 1.22 bits per heavy atom. The predicted octanol–water partition coefficient (Wildman–Crippen LogP) is 2.38. The highest BCUT2D eigenvalue weighted by molar-refractivity contribution is 5.41. The van der Waals surface area contributed by atoms with Crippen LogP contribution < -0.4 is 9.64 Å². The third-order valence-corrected chi connectivity index (χ3v) is 3.89. The molecule has 3 rings (SSSR count). The van der Waals surface area contributed by atoms with Crippen molar-refractivity contribution in [2.24, 2.45) is 0 Å². The fourth-order valence-corrected chi connectivity index (χ4v) is 2.83. The number of aliphatic hydroxyl groups excluding tert-OH is 1. The van der Waals surface area contributed by atoms with E-state index in [1.165, 1.54) is 13.2 Å². The van der Waals surface area contributed by atoms with Crippen LogP contribution in [0.15, 0.2) is 24.3 Å². The van der Waals surface area contributed by atoms with Crippen LogP contribution in [0.3, 0.4) is 0 Å². The van der Waals surface area contributed by atoms with Gasteiger partial charge >= 0.3 is 0 Å². The summed E-state index contributed by atoms with van der Waals surface area (Å²) in [5, 5.41) is 10.0. The second-order valence-electron chi connectivity index (χ2n) is 5.58. The standard InChI is InChI=1S/C16H17F2N3O2/c1-9-5-15(23-2)20-16(19-9)21-8-11(22)7-14(21)10-3-4-12(17)13(18)6-10/h3-6,11,14,22H,7-8H2,1-2H3/t11-,14+/m1/s1. The van der Waals surface area contributed by atoms with Gasteiger partial charge in [-0.05, 0) is 31.0 Å². The molecule has 2 heterocycles. The number of anilines is 1. The van der Waals surface area contributed by atoms with Gasteiger partial charge in [-0.15, -0.1) is 0 Å². The van der Waals surface area contributed by atoms with E-state index in [2.05, 4.69) is 9.97 Å². The summed E-state index contributed by atoms with van der Waals surface area (Å²) in [6, 6.07) is 5.12. The second-order valence-corrected chi connectivity index (χ2v) is 5.58. The molecule has 1 fully saturated rings. The zero-order valence-corrected chi connectivity index (χ0v) is 12.8. The highest BCUT2D eigenvalue weighted by atomic mass is 19.2. The molecule has 0 bridgehead atoms. The summed E-state index contributed by atoms with van der Waals surface area (Å²) < 4.78 is 31.8. The maximum absolute atomic E-state index is 13.5.